The standard InChI is InChI=1S/C31H33N5O4/c1-22-28(25-9-7-13-32-21-25)30(24-8-6-12-27(20-24)36(38)39)29(23(2)33-22)31(37)40-19-18-34-14-16-35(17-15-34)26-10-4-3-5-11-26/h3-13,20-21,30,33H,14-19H2,1-2H3. The van der Waals surface area contributed by atoms with E-state index >= 15 is 0 Å². The number of non-ortho nitro benzene ring substituents is 1. The second-order valence-electron chi connectivity index (χ2n) is 10.0. The summed E-state index contributed by atoms with van der Waals surface area (Å²) in [7, 11) is 0. The second kappa shape index (κ2) is 12.1. The Bertz CT molecular complexity index is 1430. The van der Waals surface area contributed by atoms with Crippen molar-refractivity contribution in [3.05, 3.63) is 117 Å². The number of carbonyl (C=O) groups is 1. The van der Waals surface area contributed by atoms with Gasteiger partial charge in [-0.2, -0.15) is 0 Å². The van der Waals surface area contributed by atoms with Gasteiger partial charge in [0.1, 0.15) is 6.61 Å². The van der Waals surface area contributed by atoms with Crippen LogP contribution in [0.25, 0.3) is 5.57 Å². The van der Waals surface area contributed by atoms with Gasteiger partial charge < -0.3 is 15.0 Å². The van der Waals surface area contributed by atoms with Crippen LogP contribution < -0.4 is 10.2 Å². The van der Waals surface area contributed by atoms with E-state index in [9.17, 15) is 14.9 Å². The van der Waals surface area contributed by atoms with Crippen LogP contribution >= 0.6 is 0 Å². The van der Waals surface area contributed by atoms with Crippen molar-refractivity contribution in [2.75, 3.05) is 44.2 Å². The predicted octanol–water partition coefficient (Wildman–Crippen LogP) is 4.75. The molecule has 0 bridgehead atoms. The Labute approximate surface area is 233 Å². The first-order chi connectivity index (χ1) is 19.4. The summed E-state index contributed by atoms with van der Waals surface area (Å²) in [5.41, 5.74) is 5.48. The average molecular weight is 540 g/mol. The molecule has 3 aromatic rings. The molecule has 0 spiro atoms. The number of para-hydroxylation sites is 1. The van der Waals surface area contributed by atoms with Gasteiger partial charge >= 0.3 is 5.97 Å². The number of hydrogen-bond donors (Lipinski definition) is 1. The minimum Gasteiger partial charge on any atom is -0.461 e. The molecule has 1 atom stereocenters. The van der Waals surface area contributed by atoms with E-state index in [-0.39, 0.29) is 12.3 Å². The fraction of sp³-hybridized carbons (Fsp3) is 0.290. The Hall–Kier alpha value is -4.50. The maximum Gasteiger partial charge on any atom is 0.336 e. The number of allylic oxidation sites excluding steroid dienone is 3. The third kappa shape index (κ3) is 5.89. The van der Waals surface area contributed by atoms with E-state index in [2.05, 4.69) is 44.4 Å². The lowest BCUT2D eigenvalue weighted by Gasteiger charge is -2.36. The van der Waals surface area contributed by atoms with Crippen LogP contribution in [0.4, 0.5) is 11.4 Å². The van der Waals surface area contributed by atoms with Gasteiger partial charge in [0.25, 0.3) is 5.69 Å². The van der Waals surface area contributed by atoms with Crippen LogP contribution in [0.1, 0.15) is 30.9 Å². The predicted molar refractivity (Wildman–Crippen MR) is 155 cm³/mol. The van der Waals surface area contributed by atoms with Crippen LogP contribution in [0, 0.1) is 10.1 Å². The molecule has 5 rings (SSSR count). The number of benzene rings is 2. The molecule has 2 aliphatic rings. The molecule has 2 aliphatic heterocycles. The van der Waals surface area contributed by atoms with E-state index in [1.165, 1.54) is 17.8 Å². The van der Waals surface area contributed by atoms with Crippen molar-refractivity contribution in [3.63, 3.8) is 0 Å². The van der Waals surface area contributed by atoms with Gasteiger partial charge in [-0.1, -0.05) is 36.4 Å². The SMILES string of the molecule is CC1=C(C(=O)OCCN2CCN(c3ccccc3)CC2)C(c2cccc([N+](=O)[O-])c2)C(c2cccnc2)=C(C)N1. The summed E-state index contributed by atoms with van der Waals surface area (Å²) in [5.74, 6) is -0.981. The van der Waals surface area contributed by atoms with Gasteiger partial charge in [0.15, 0.2) is 0 Å². The zero-order valence-corrected chi connectivity index (χ0v) is 22.7. The molecular weight excluding hydrogens is 506 g/mol. The monoisotopic (exact) mass is 539 g/mol. The van der Waals surface area contributed by atoms with E-state index in [4.69, 9.17) is 4.74 Å². The van der Waals surface area contributed by atoms with Crippen molar-refractivity contribution < 1.29 is 14.5 Å². The second-order valence-corrected chi connectivity index (χ2v) is 10.0. The first-order valence-corrected chi connectivity index (χ1v) is 13.4. The van der Waals surface area contributed by atoms with Crippen LogP contribution in [-0.4, -0.2) is 60.1 Å². The molecule has 1 N–H and O–H groups in total. The number of dihydropyridines is 1. The lowest BCUT2D eigenvalue weighted by Crippen LogP contribution is -2.47. The number of carbonyl (C=O) groups excluding carboxylic acids is 1. The zero-order valence-electron chi connectivity index (χ0n) is 22.7. The number of esters is 1. The Balaban J connectivity index is 1.32. The molecule has 0 radical (unpaired) electrons. The smallest absolute Gasteiger partial charge is 0.336 e. The highest BCUT2D eigenvalue weighted by molar-refractivity contribution is 5.97. The maximum absolute atomic E-state index is 13.7. The number of rotatable bonds is 8. The van der Waals surface area contributed by atoms with Crippen LogP contribution in [0.15, 0.2) is 96.1 Å². The average Bonchev–Trinajstić information content (AvgIpc) is 2.98. The fourth-order valence-corrected chi connectivity index (χ4v) is 5.53. The highest BCUT2D eigenvalue weighted by Crippen LogP contribution is 2.44. The molecule has 1 unspecified atom stereocenters. The molecule has 1 saturated heterocycles. The largest absolute Gasteiger partial charge is 0.461 e. The Morgan fingerprint density at radius 3 is 2.50 bits per heavy atom. The first-order valence-electron chi connectivity index (χ1n) is 13.4. The topological polar surface area (TPSA) is 101 Å². The van der Waals surface area contributed by atoms with Crippen molar-refractivity contribution in [2.24, 2.45) is 0 Å². The summed E-state index contributed by atoms with van der Waals surface area (Å²) in [5, 5.41) is 14.9. The molecule has 40 heavy (non-hydrogen) atoms. The number of nitro groups is 1. The lowest BCUT2D eigenvalue weighted by molar-refractivity contribution is -0.384. The number of aromatic nitrogens is 1. The zero-order chi connectivity index (χ0) is 28.1. The van der Waals surface area contributed by atoms with Crippen molar-refractivity contribution in [2.45, 2.75) is 19.8 Å². The normalized spacial score (nSPS) is 17.9. The van der Waals surface area contributed by atoms with Gasteiger partial charge in [-0.15, -0.1) is 0 Å². The molecule has 9 heteroatoms. The third-order valence-electron chi connectivity index (χ3n) is 7.50. The molecule has 1 fully saturated rings. The van der Waals surface area contributed by atoms with E-state index in [0.29, 0.717) is 23.4 Å². The summed E-state index contributed by atoms with van der Waals surface area (Å²) in [6.45, 7) is 8.28. The maximum atomic E-state index is 13.7. The van der Waals surface area contributed by atoms with E-state index in [1.807, 2.05) is 38.1 Å². The van der Waals surface area contributed by atoms with Crippen molar-refractivity contribution >= 4 is 22.9 Å². The lowest BCUT2D eigenvalue weighted by atomic mass is 9.78. The number of ether oxygens (including phenoxy) is 1. The minimum atomic E-state index is -0.549. The molecule has 0 saturated carbocycles. The highest BCUT2D eigenvalue weighted by Gasteiger charge is 2.35. The Kier molecular flexibility index (Phi) is 8.21. The summed E-state index contributed by atoms with van der Waals surface area (Å²) < 4.78 is 5.85. The third-order valence-corrected chi connectivity index (χ3v) is 7.50. The molecule has 0 aliphatic carbocycles. The van der Waals surface area contributed by atoms with E-state index in [0.717, 1.165) is 43.0 Å². The van der Waals surface area contributed by atoms with Gasteiger partial charge in [0.2, 0.25) is 0 Å². The number of nitrogens with one attached hydrogen (secondary N) is 1. The number of hydrogen-bond acceptors (Lipinski definition) is 8. The summed E-state index contributed by atoms with van der Waals surface area (Å²) >= 11 is 0. The summed E-state index contributed by atoms with van der Waals surface area (Å²) in [6, 6.07) is 20.6. The van der Waals surface area contributed by atoms with Crippen LogP contribution in [0.5, 0.6) is 0 Å². The van der Waals surface area contributed by atoms with Crippen LogP contribution in [0.3, 0.4) is 0 Å². The summed E-state index contributed by atoms with van der Waals surface area (Å²) in [4.78, 5) is 33.8. The number of nitro benzene ring substituents is 1. The number of pyridine rings is 1. The first kappa shape index (κ1) is 27.1. The quantitative estimate of drug-likeness (QED) is 0.249. The molecular formula is C31H33N5O4. The van der Waals surface area contributed by atoms with E-state index in [1.54, 1.807) is 18.5 Å². The van der Waals surface area contributed by atoms with Crippen molar-refractivity contribution in [1.29, 1.82) is 0 Å². The summed E-state index contributed by atoms with van der Waals surface area (Å²) in [6.07, 6.45) is 3.43. The van der Waals surface area contributed by atoms with Crippen LogP contribution in [-0.2, 0) is 9.53 Å². The van der Waals surface area contributed by atoms with Gasteiger partial charge in [0.05, 0.1) is 10.5 Å². The molecule has 0 amide bonds. The van der Waals surface area contributed by atoms with Gasteiger partial charge in [0, 0.05) is 80.2 Å². The van der Waals surface area contributed by atoms with E-state index < -0.39 is 16.8 Å². The molecule has 1 aromatic heterocycles. The molecule has 2 aromatic carbocycles. The number of anilines is 1. The van der Waals surface area contributed by atoms with Gasteiger partial charge in [-0.05, 0) is 48.7 Å². The van der Waals surface area contributed by atoms with Crippen LogP contribution in [0.2, 0.25) is 0 Å². The highest BCUT2D eigenvalue weighted by atomic mass is 16.6. The van der Waals surface area contributed by atoms with Crippen molar-refractivity contribution in [3.8, 4) is 0 Å². The Morgan fingerprint density at radius 2 is 1.80 bits per heavy atom. The van der Waals surface area contributed by atoms with Crippen molar-refractivity contribution in [1.82, 2.24) is 15.2 Å². The molecule has 9 nitrogen and oxygen atoms in total. The van der Waals surface area contributed by atoms with Gasteiger partial charge in [-0.25, -0.2) is 4.79 Å². The number of piperazine rings is 1. The molecule has 206 valence electrons. The fourth-order valence-electron chi connectivity index (χ4n) is 5.53. The Morgan fingerprint density at radius 1 is 1.02 bits per heavy atom. The van der Waals surface area contributed by atoms with Gasteiger partial charge in [-0.3, -0.25) is 20.0 Å². The minimum absolute atomic E-state index is 0.0285. The molecule has 3 heterocycles. The number of nitrogens with zero attached hydrogens (tertiary/aromatic N) is 4.